The van der Waals surface area contributed by atoms with Crippen molar-refractivity contribution in [3.05, 3.63) is 54.6 Å². The van der Waals surface area contributed by atoms with Crippen LogP contribution in [0.5, 0.6) is 5.75 Å². The number of piperidine rings is 1. The third-order valence-corrected chi connectivity index (χ3v) is 6.77. The van der Waals surface area contributed by atoms with Crippen LogP contribution in [0, 0.1) is 0 Å². The van der Waals surface area contributed by atoms with E-state index in [1.54, 1.807) is 54.6 Å². The quantitative estimate of drug-likeness (QED) is 0.733. The van der Waals surface area contributed by atoms with E-state index in [0.29, 0.717) is 18.0 Å². The first-order valence-electron chi connectivity index (χ1n) is 9.63. The SMILES string of the molecule is COc1ccccc1N(CC(O)CN1CCCCC1)S(=O)(=O)c1ccccc1. The van der Waals surface area contributed by atoms with Gasteiger partial charge in [-0.05, 0) is 50.2 Å². The van der Waals surface area contributed by atoms with Crippen LogP contribution in [-0.2, 0) is 10.0 Å². The molecule has 0 spiro atoms. The summed E-state index contributed by atoms with van der Waals surface area (Å²) in [6.45, 7) is 2.30. The summed E-state index contributed by atoms with van der Waals surface area (Å²) in [4.78, 5) is 2.38. The molecule has 0 aromatic heterocycles. The Hall–Kier alpha value is -2.09. The van der Waals surface area contributed by atoms with E-state index in [0.717, 1.165) is 25.9 Å². The molecule has 0 bridgehead atoms. The predicted molar refractivity (Wildman–Crippen MR) is 110 cm³/mol. The minimum absolute atomic E-state index is 0.0336. The normalized spacial score (nSPS) is 16.5. The average molecular weight is 405 g/mol. The van der Waals surface area contributed by atoms with Gasteiger partial charge in [0.2, 0.25) is 0 Å². The van der Waals surface area contributed by atoms with Crippen molar-refractivity contribution in [2.45, 2.75) is 30.3 Å². The lowest BCUT2D eigenvalue weighted by Crippen LogP contribution is -2.44. The van der Waals surface area contributed by atoms with Crippen molar-refractivity contribution in [2.24, 2.45) is 0 Å². The first-order chi connectivity index (χ1) is 13.5. The van der Waals surface area contributed by atoms with E-state index in [-0.39, 0.29) is 11.4 Å². The summed E-state index contributed by atoms with van der Waals surface area (Å²) in [6, 6.07) is 15.3. The van der Waals surface area contributed by atoms with Gasteiger partial charge in [-0.15, -0.1) is 0 Å². The van der Waals surface area contributed by atoms with Crippen LogP contribution in [0.25, 0.3) is 0 Å². The number of hydrogen-bond donors (Lipinski definition) is 1. The van der Waals surface area contributed by atoms with Crippen molar-refractivity contribution >= 4 is 15.7 Å². The number of β-amino-alcohol motifs (C(OH)–C–C–N with tert-alkyl or cyclic N) is 1. The van der Waals surface area contributed by atoms with Gasteiger partial charge < -0.3 is 14.7 Å². The fraction of sp³-hybridized carbons (Fsp3) is 0.429. The van der Waals surface area contributed by atoms with Gasteiger partial charge in [0.25, 0.3) is 10.0 Å². The third kappa shape index (κ3) is 4.84. The number of ether oxygens (including phenoxy) is 1. The summed E-state index contributed by atoms with van der Waals surface area (Å²) in [5, 5.41) is 10.7. The lowest BCUT2D eigenvalue weighted by molar-refractivity contribution is 0.107. The Kier molecular flexibility index (Phi) is 6.93. The number of benzene rings is 2. The van der Waals surface area contributed by atoms with Gasteiger partial charge in [-0.1, -0.05) is 36.8 Å². The molecule has 2 aromatic rings. The van der Waals surface area contributed by atoms with Gasteiger partial charge in [0, 0.05) is 6.54 Å². The topological polar surface area (TPSA) is 70.1 Å². The Morgan fingerprint density at radius 3 is 2.36 bits per heavy atom. The van der Waals surface area contributed by atoms with Crippen molar-refractivity contribution in [1.29, 1.82) is 0 Å². The predicted octanol–water partition coefficient (Wildman–Crippen LogP) is 2.74. The Bertz CT molecular complexity index is 852. The van der Waals surface area contributed by atoms with Crippen LogP contribution >= 0.6 is 0 Å². The molecule has 1 aliphatic heterocycles. The van der Waals surface area contributed by atoms with Crippen molar-refractivity contribution in [2.75, 3.05) is 37.6 Å². The van der Waals surface area contributed by atoms with Gasteiger partial charge in [0.1, 0.15) is 5.75 Å². The third-order valence-electron chi connectivity index (χ3n) is 4.98. The van der Waals surface area contributed by atoms with Crippen LogP contribution in [0.1, 0.15) is 19.3 Å². The first-order valence-corrected chi connectivity index (χ1v) is 11.1. The molecule has 0 saturated carbocycles. The molecule has 152 valence electrons. The number of aliphatic hydroxyl groups excluding tert-OH is 1. The lowest BCUT2D eigenvalue weighted by Gasteiger charge is -2.32. The van der Waals surface area contributed by atoms with E-state index in [9.17, 15) is 13.5 Å². The number of para-hydroxylation sites is 2. The zero-order valence-corrected chi connectivity index (χ0v) is 17.0. The smallest absolute Gasteiger partial charge is 0.264 e. The van der Waals surface area contributed by atoms with Gasteiger partial charge in [0.05, 0.1) is 30.3 Å². The van der Waals surface area contributed by atoms with E-state index in [4.69, 9.17) is 4.74 Å². The minimum Gasteiger partial charge on any atom is -0.495 e. The van der Waals surface area contributed by atoms with Crippen molar-refractivity contribution in [3.8, 4) is 5.75 Å². The highest BCUT2D eigenvalue weighted by Gasteiger charge is 2.29. The van der Waals surface area contributed by atoms with Gasteiger partial charge in [-0.2, -0.15) is 0 Å². The molecule has 1 atom stereocenters. The zero-order valence-electron chi connectivity index (χ0n) is 16.2. The number of nitrogens with zero attached hydrogens (tertiary/aromatic N) is 2. The highest BCUT2D eigenvalue weighted by molar-refractivity contribution is 7.92. The lowest BCUT2D eigenvalue weighted by atomic mass is 10.1. The standard InChI is InChI=1S/C21H28N2O4S/c1-27-21-13-7-6-12-20(21)23(28(25,26)19-10-4-2-5-11-19)17-18(24)16-22-14-8-3-9-15-22/h2,4-7,10-13,18,24H,3,8-9,14-17H2,1H3. The van der Waals surface area contributed by atoms with Gasteiger partial charge >= 0.3 is 0 Å². The molecule has 28 heavy (non-hydrogen) atoms. The number of anilines is 1. The molecule has 0 radical (unpaired) electrons. The maximum Gasteiger partial charge on any atom is 0.264 e. The van der Waals surface area contributed by atoms with Crippen LogP contribution in [0.15, 0.2) is 59.5 Å². The summed E-state index contributed by atoms with van der Waals surface area (Å²) >= 11 is 0. The van der Waals surface area contributed by atoms with Crippen LogP contribution < -0.4 is 9.04 Å². The summed E-state index contributed by atoms with van der Waals surface area (Å²) in [6.07, 6.45) is 2.64. The van der Waals surface area contributed by atoms with Crippen molar-refractivity contribution in [1.82, 2.24) is 4.90 Å². The second kappa shape index (κ2) is 9.41. The molecule has 1 unspecified atom stereocenters. The Morgan fingerprint density at radius 2 is 1.68 bits per heavy atom. The van der Waals surface area contributed by atoms with Crippen LogP contribution in [0.2, 0.25) is 0 Å². The van der Waals surface area contributed by atoms with Gasteiger partial charge in [-0.25, -0.2) is 8.42 Å². The molecule has 1 fully saturated rings. The van der Waals surface area contributed by atoms with E-state index < -0.39 is 16.1 Å². The molecular weight excluding hydrogens is 376 g/mol. The first kappa shape index (κ1) is 20.6. The van der Waals surface area contributed by atoms with E-state index in [1.807, 2.05) is 0 Å². The molecular formula is C21H28N2O4S. The molecule has 3 rings (SSSR count). The summed E-state index contributed by atoms with van der Waals surface area (Å²) in [7, 11) is -2.34. The fourth-order valence-electron chi connectivity index (χ4n) is 3.57. The van der Waals surface area contributed by atoms with E-state index >= 15 is 0 Å². The highest BCUT2D eigenvalue weighted by atomic mass is 32.2. The molecule has 7 heteroatoms. The molecule has 1 heterocycles. The van der Waals surface area contributed by atoms with Gasteiger partial charge in [-0.3, -0.25) is 4.31 Å². The van der Waals surface area contributed by atoms with Crippen LogP contribution in [-0.4, -0.2) is 57.8 Å². The second-order valence-electron chi connectivity index (χ2n) is 7.04. The number of sulfonamides is 1. The summed E-state index contributed by atoms with van der Waals surface area (Å²) in [5.41, 5.74) is 0.423. The van der Waals surface area contributed by atoms with E-state index in [2.05, 4.69) is 4.90 Å². The number of aliphatic hydroxyl groups is 1. The van der Waals surface area contributed by atoms with Crippen LogP contribution in [0.4, 0.5) is 5.69 Å². The Morgan fingerprint density at radius 1 is 1.04 bits per heavy atom. The Labute approximate surface area is 167 Å². The van der Waals surface area contributed by atoms with Crippen molar-refractivity contribution in [3.63, 3.8) is 0 Å². The molecule has 0 amide bonds. The fourth-order valence-corrected chi connectivity index (χ4v) is 5.10. The largest absolute Gasteiger partial charge is 0.495 e. The molecule has 1 saturated heterocycles. The van der Waals surface area contributed by atoms with E-state index in [1.165, 1.54) is 17.8 Å². The highest BCUT2D eigenvalue weighted by Crippen LogP contribution is 2.32. The number of methoxy groups -OCH3 is 1. The Balaban J connectivity index is 1.90. The summed E-state index contributed by atoms with van der Waals surface area (Å²) in [5.74, 6) is 0.451. The average Bonchev–Trinajstić information content (AvgIpc) is 2.73. The van der Waals surface area contributed by atoms with Crippen molar-refractivity contribution < 1.29 is 18.3 Å². The minimum atomic E-state index is -3.85. The number of likely N-dealkylation sites (tertiary alicyclic amines) is 1. The zero-order chi connectivity index (χ0) is 20.0. The number of rotatable bonds is 8. The molecule has 1 N–H and O–H groups in total. The molecule has 6 nitrogen and oxygen atoms in total. The maximum atomic E-state index is 13.4. The molecule has 0 aliphatic carbocycles. The monoisotopic (exact) mass is 404 g/mol. The summed E-state index contributed by atoms with van der Waals surface area (Å²) < 4.78 is 33.4. The number of hydrogen-bond acceptors (Lipinski definition) is 5. The molecule has 2 aromatic carbocycles. The maximum absolute atomic E-state index is 13.4. The molecule has 1 aliphatic rings. The van der Waals surface area contributed by atoms with Gasteiger partial charge in [0.15, 0.2) is 0 Å². The van der Waals surface area contributed by atoms with Crippen LogP contribution in [0.3, 0.4) is 0 Å². The second-order valence-corrected chi connectivity index (χ2v) is 8.90.